The molecule has 0 aliphatic heterocycles. The molecule has 1 aliphatic carbocycles. The zero-order valence-electron chi connectivity index (χ0n) is 15.6. The van der Waals surface area contributed by atoms with Crippen LogP contribution in [0.25, 0.3) is 16.9 Å². The summed E-state index contributed by atoms with van der Waals surface area (Å²) in [5.74, 6) is 1.42. The van der Waals surface area contributed by atoms with Crippen molar-refractivity contribution in [1.29, 1.82) is 0 Å². The summed E-state index contributed by atoms with van der Waals surface area (Å²) in [7, 11) is 1.62. The highest BCUT2D eigenvalue weighted by atomic mass is 16.5. The summed E-state index contributed by atoms with van der Waals surface area (Å²) in [6, 6.07) is 11.7. The van der Waals surface area contributed by atoms with Crippen molar-refractivity contribution in [1.82, 2.24) is 9.38 Å². The van der Waals surface area contributed by atoms with Crippen LogP contribution in [0, 0.1) is 5.92 Å². The van der Waals surface area contributed by atoms with Crippen molar-refractivity contribution < 1.29 is 9.53 Å². The number of fused-ring (bicyclic) bond motifs is 1. The highest BCUT2D eigenvalue weighted by Crippen LogP contribution is 2.32. The van der Waals surface area contributed by atoms with E-state index >= 15 is 0 Å². The van der Waals surface area contributed by atoms with E-state index in [0.29, 0.717) is 23.8 Å². The van der Waals surface area contributed by atoms with E-state index in [1.807, 2.05) is 53.2 Å². The molecule has 5 heteroatoms. The number of hydrogen-bond acceptors (Lipinski definition) is 3. The average molecular weight is 363 g/mol. The summed E-state index contributed by atoms with van der Waals surface area (Å²) in [6.45, 7) is 0. The molecule has 140 valence electrons. The first-order valence-corrected chi connectivity index (χ1v) is 9.65. The summed E-state index contributed by atoms with van der Waals surface area (Å²) < 4.78 is 7.42. The van der Waals surface area contributed by atoms with Crippen molar-refractivity contribution >= 4 is 17.2 Å². The third-order valence-corrected chi connectivity index (χ3v) is 5.39. The summed E-state index contributed by atoms with van der Waals surface area (Å²) in [5, 5.41) is 3.03. The van der Waals surface area contributed by atoms with Crippen LogP contribution >= 0.6 is 0 Å². The largest absolute Gasteiger partial charge is 0.495 e. The van der Waals surface area contributed by atoms with Gasteiger partial charge in [0.15, 0.2) is 0 Å². The molecule has 0 bridgehead atoms. The topological polar surface area (TPSA) is 55.6 Å². The Hall–Kier alpha value is -2.82. The van der Waals surface area contributed by atoms with Gasteiger partial charge in [-0.25, -0.2) is 4.98 Å². The molecule has 0 spiro atoms. The maximum atomic E-state index is 12.4. The van der Waals surface area contributed by atoms with Crippen LogP contribution < -0.4 is 10.1 Å². The molecule has 1 aromatic carbocycles. The van der Waals surface area contributed by atoms with Crippen molar-refractivity contribution in [3.63, 3.8) is 0 Å². The second-order valence-corrected chi connectivity index (χ2v) is 7.24. The third kappa shape index (κ3) is 3.97. The highest BCUT2D eigenvalue weighted by molar-refractivity contribution is 5.93. The minimum absolute atomic E-state index is 0.0485. The zero-order valence-corrected chi connectivity index (χ0v) is 15.6. The number of methoxy groups -OCH3 is 1. The number of ether oxygens (including phenoxy) is 1. The molecule has 1 N–H and O–H groups in total. The molecule has 0 saturated heterocycles. The van der Waals surface area contributed by atoms with Gasteiger partial charge in [0.2, 0.25) is 5.91 Å². The smallest absolute Gasteiger partial charge is 0.224 e. The Balaban J connectivity index is 1.52. The molecule has 5 nitrogen and oxygen atoms in total. The summed E-state index contributed by atoms with van der Waals surface area (Å²) in [5.41, 5.74) is 3.41. The van der Waals surface area contributed by atoms with E-state index in [0.717, 1.165) is 23.3 Å². The average Bonchev–Trinajstić information content (AvgIpc) is 3.35. The number of rotatable bonds is 6. The Morgan fingerprint density at radius 2 is 2.11 bits per heavy atom. The molecule has 0 unspecified atom stereocenters. The molecule has 1 saturated carbocycles. The van der Waals surface area contributed by atoms with Crippen molar-refractivity contribution in [2.75, 3.05) is 12.4 Å². The number of carbonyl (C=O) groups excluding carboxylic acids is 1. The fourth-order valence-corrected chi connectivity index (χ4v) is 3.89. The lowest BCUT2D eigenvalue weighted by Crippen LogP contribution is -2.13. The number of benzene rings is 1. The molecule has 3 aromatic rings. The SMILES string of the molecule is COc1ccc(-c2cn3ccccc3n2)cc1NC(=O)CCC1CCCC1. The Bertz CT molecular complexity index is 909. The zero-order chi connectivity index (χ0) is 18.6. The van der Waals surface area contributed by atoms with Gasteiger partial charge in [0.25, 0.3) is 0 Å². The highest BCUT2D eigenvalue weighted by Gasteiger charge is 2.17. The number of nitrogens with one attached hydrogen (secondary N) is 1. The third-order valence-electron chi connectivity index (χ3n) is 5.39. The van der Waals surface area contributed by atoms with Crippen molar-refractivity contribution in [2.45, 2.75) is 38.5 Å². The van der Waals surface area contributed by atoms with Crippen LogP contribution in [-0.2, 0) is 4.79 Å². The van der Waals surface area contributed by atoms with Gasteiger partial charge in [0.1, 0.15) is 11.4 Å². The molecule has 1 aliphatic rings. The minimum Gasteiger partial charge on any atom is -0.495 e. The van der Waals surface area contributed by atoms with E-state index in [9.17, 15) is 4.79 Å². The van der Waals surface area contributed by atoms with E-state index in [1.165, 1.54) is 25.7 Å². The number of imidazole rings is 1. The molecule has 1 fully saturated rings. The maximum Gasteiger partial charge on any atom is 0.224 e. The lowest BCUT2D eigenvalue weighted by molar-refractivity contribution is -0.116. The van der Waals surface area contributed by atoms with Crippen molar-refractivity contribution in [3.05, 3.63) is 48.8 Å². The maximum absolute atomic E-state index is 12.4. The van der Waals surface area contributed by atoms with Crippen LogP contribution in [0.3, 0.4) is 0 Å². The molecule has 27 heavy (non-hydrogen) atoms. The summed E-state index contributed by atoms with van der Waals surface area (Å²) >= 11 is 0. The normalized spacial score (nSPS) is 14.6. The van der Waals surface area contributed by atoms with Crippen LogP contribution in [0.15, 0.2) is 48.8 Å². The number of anilines is 1. The van der Waals surface area contributed by atoms with E-state index in [4.69, 9.17) is 4.74 Å². The number of aromatic nitrogens is 2. The Morgan fingerprint density at radius 3 is 2.89 bits per heavy atom. The first kappa shape index (κ1) is 17.6. The first-order chi connectivity index (χ1) is 13.2. The van der Waals surface area contributed by atoms with Gasteiger partial charge in [-0.3, -0.25) is 4.79 Å². The van der Waals surface area contributed by atoms with Crippen LogP contribution in [0.5, 0.6) is 5.75 Å². The van der Waals surface area contributed by atoms with Crippen LogP contribution in [-0.4, -0.2) is 22.4 Å². The number of amides is 1. The fourth-order valence-electron chi connectivity index (χ4n) is 3.89. The van der Waals surface area contributed by atoms with Crippen LogP contribution in [0.4, 0.5) is 5.69 Å². The Kier molecular flexibility index (Phi) is 5.10. The second-order valence-electron chi connectivity index (χ2n) is 7.24. The van der Waals surface area contributed by atoms with Gasteiger partial charge < -0.3 is 14.5 Å². The molecular weight excluding hydrogens is 338 g/mol. The predicted octanol–water partition coefficient (Wildman–Crippen LogP) is 4.92. The molecule has 1 amide bonds. The second kappa shape index (κ2) is 7.82. The van der Waals surface area contributed by atoms with Gasteiger partial charge in [-0.05, 0) is 42.7 Å². The van der Waals surface area contributed by atoms with E-state index < -0.39 is 0 Å². The van der Waals surface area contributed by atoms with Crippen LogP contribution in [0.1, 0.15) is 38.5 Å². The van der Waals surface area contributed by atoms with E-state index in [1.54, 1.807) is 7.11 Å². The summed E-state index contributed by atoms with van der Waals surface area (Å²) in [6.07, 6.45) is 10.6. The molecule has 0 atom stereocenters. The van der Waals surface area contributed by atoms with E-state index in [2.05, 4.69) is 10.3 Å². The molecule has 4 rings (SSSR count). The van der Waals surface area contributed by atoms with Gasteiger partial charge in [0.05, 0.1) is 18.5 Å². The predicted molar refractivity (Wildman–Crippen MR) is 107 cm³/mol. The molecule has 2 aromatic heterocycles. The number of carbonyl (C=O) groups is 1. The van der Waals surface area contributed by atoms with Crippen molar-refractivity contribution in [2.24, 2.45) is 5.92 Å². The van der Waals surface area contributed by atoms with Gasteiger partial charge >= 0.3 is 0 Å². The van der Waals surface area contributed by atoms with Gasteiger partial charge in [-0.1, -0.05) is 31.7 Å². The number of hydrogen-bond donors (Lipinski definition) is 1. The quantitative estimate of drug-likeness (QED) is 0.676. The van der Waals surface area contributed by atoms with E-state index in [-0.39, 0.29) is 5.91 Å². The summed E-state index contributed by atoms with van der Waals surface area (Å²) in [4.78, 5) is 17.1. The van der Waals surface area contributed by atoms with Crippen molar-refractivity contribution in [3.8, 4) is 17.0 Å². The number of pyridine rings is 1. The van der Waals surface area contributed by atoms with Crippen LogP contribution in [0.2, 0.25) is 0 Å². The molecular formula is C22H25N3O2. The monoisotopic (exact) mass is 363 g/mol. The first-order valence-electron chi connectivity index (χ1n) is 9.65. The molecule has 2 heterocycles. The van der Waals surface area contributed by atoms with Gasteiger partial charge in [-0.2, -0.15) is 0 Å². The number of nitrogens with zero attached hydrogens (tertiary/aromatic N) is 2. The minimum atomic E-state index is 0.0485. The molecule has 0 radical (unpaired) electrons. The fraction of sp³-hybridized carbons (Fsp3) is 0.364. The Labute approximate surface area is 159 Å². The van der Waals surface area contributed by atoms with Gasteiger partial charge in [0, 0.05) is 24.4 Å². The lowest BCUT2D eigenvalue weighted by Gasteiger charge is -2.13. The Morgan fingerprint density at radius 1 is 1.26 bits per heavy atom. The standard InChI is InChI=1S/C22H25N3O2/c1-27-20-11-10-17(19-15-25-13-5-4-8-21(25)23-19)14-18(20)24-22(26)12-9-16-6-2-3-7-16/h4-5,8,10-11,13-16H,2-3,6-7,9,12H2,1H3,(H,24,26). The lowest BCUT2D eigenvalue weighted by atomic mass is 10.0. The van der Waals surface area contributed by atoms with Gasteiger partial charge in [-0.15, -0.1) is 0 Å².